The minimum absolute atomic E-state index is 0.135. The summed E-state index contributed by atoms with van der Waals surface area (Å²) in [7, 11) is -1.22. The fourth-order valence-electron chi connectivity index (χ4n) is 3.99. The highest BCUT2D eigenvalue weighted by atomic mass is 32.2. The van der Waals surface area contributed by atoms with E-state index in [1.165, 1.54) is 5.56 Å². The second-order valence-corrected chi connectivity index (χ2v) is 9.02. The lowest BCUT2D eigenvalue weighted by Gasteiger charge is -2.44. The van der Waals surface area contributed by atoms with E-state index in [4.69, 9.17) is 4.74 Å². The van der Waals surface area contributed by atoms with Gasteiger partial charge in [0, 0.05) is 38.8 Å². The van der Waals surface area contributed by atoms with E-state index >= 15 is 0 Å². The third-order valence-corrected chi connectivity index (χ3v) is 6.94. The molecule has 1 aromatic carbocycles. The Hall–Kier alpha value is -0.950. The number of nitrogens with zero attached hydrogens (tertiary/aromatic N) is 2. The molecule has 5 nitrogen and oxygen atoms in total. The zero-order valence-electron chi connectivity index (χ0n) is 14.4. The van der Waals surface area contributed by atoms with Gasteiger partial charge in [-0.25, -0.2) is 8.42 Å². The zero-order valence-corrected chi connectivity index (χ0v) is 15.2. The second-order valence-electron chi connectivity index (χ2n) is 6.87. The standard InChI is InChI=1S/C18H28N2O3S/c1-23-13-12-20-11-10-19(17-14-24(21,22)15-18(17)20)9-5-8-16-6-3-2-4-7-16/h2-4,6-7,17-18H,5,8-15H2,1H3/t17-,18+/m1/s1. The van der Waals surface area contributed by atoms with Gasteiger partial charge in [0.1, 0.15) is 0 Å². The van der Waals surface area contributed by atoms with Gasteiger partial charge in [0.2, 0.25) is 0 Å². The summed E-state index contributed by atoms with van der Waals surface area (Å²) in [5, 5.41) is 0. The van der Waals surface area contributed by atoms with Crippen molar-refractivity contribution in [1.82, 2.24) is 9.80 Å². The quantitative estimate of drug-likeness (QED) is 0.734. The maximum atomic E-state index is 12.2. The van der Waals surface area contributed by atoms with Gasteiger partial charge in [-0.1, -0.05) is 30.3 Å². The Morgan fingerprint density at radius 2 is 1.67 bits per heavy atom. The first-order valence-electron chi connectivity index (χ1n) is 8.80. The Kier molecular flexibility index (Phi) is 5.92. The first-order valence-corrected chi connectivity index (χ1v) is 10.6. The van der Waals surface area contributed by atoms with Crippen molar-refractivity contribution in [2.24, 2.45) is 0 Å². The van der Waals surface area contributed by atoms with Gasteiger partial charge in [0.25, 0.3) is 0 Å². The SMILES string of the molecule is COCCN1CCN(CCCc2ccccc2)[C@@H]2CS(=O)(=O)C[C@@H]21. The summed E-state index contributed by atoms with van der Waals surface area (Å²) < 4.78 is 29.5. The van der Waals surface area contributed by atoms with Gasteiger partial charge in [-0.05, 0) is 24.9 Å². The van der Waals surface area contributed by atoms with Crippen LogP contribution in [0.25, 0.3) is 0 Å². The van der Waals surface area contributed by atoms with Crippen LogP contribution in [0.5, 0.6) is 0 Å². The lowest BCUT2D eigenvalue weighted by molar-refractivity contribution is 0.0289. The smallest absolute Gasteiger partial charge is 0.153 e. The van der Waals surface area contributed by atoms with Gasteiger partial charge >= 0.3 is 0 Å². The Bertz CT molecular complexity index is 620. The highest BCUT2D eigenvalue weighted by Gasteiger charge is 2.45. The number of hydrogen-bond donors (Lipinski definition) is 0. The molecule has 2 aliphatic rings. The highest BCUT2D eigenvalue weighted by Crippen LogP contribution is 2.27. The number of methoxy groups -OCH3 is 1. The molecule has 6 heteroatoms. The van der Waals surface area contributed by atoms with Crippen molar-refractivity contribution < 1.29 is 13.2 Å². The predicted molar refractivity (Wildman–Crippen MR) is 96.0 cm³/mol. The normalized spacial score (nSPS) is 27.2. The van der Waals surface area contributed by atoms with Crippen molar-refractivity contribution >= 4 is 9.84 Å². The highest BCUT2D eigenvalue weighted by molar-refractivity contribution is 7.91. The third-order valence-electron chi connectivity index (χ3n) is 5.24. The number of sulfone groups is 1. The molecule has 0 spiro atoms. The Morgan fingerprint density at radius 1 is 1.04 bits per heavy atom. The summed E-state index contributed by atoms with van der Waals surface area (Å²) in [5.74, 6) is 0.614. The van der Waals surface area contributed by atoms with Crippen LogP contribution in [0.2, 0.25) is 0 Å². The predicted octanol–water partition coefficient (Wildman–Crippen LogP) is 1.05. The molecule has 0 saturated carbocycles. The number of rotatable bonds is 7. The van der Waals surface area contributed by atoms with Crippen molar-refractivity contribution in [1.29, 1.82) is 0 Å². The van der Waals surface area contributed by atoms with Crippen molar-refractivity contribution in [3.05, 3.63) is 35.9 Å². The molecule has 1 aromatic rings. The average Bonchev–Trinajstić information content (AvgIpc) is 2.90. The van der Waals surface area contributed by atoms with Gasteiger partial charge in [0.15, 0.2) is 9.84 Å². The van der Waals surface area contributed by atoms with Crippen LogP contribution in [0.3, 0.4) is 0 Å². The van der Waals surface area contributed by atoms with Crippen molar-refractivity contribution in [2.45, 2.75) is 24.9 Å². The van der Waals surface area contributed by atoms with E-state index in [-0.39, 0.29) is 12.1 Å². The van der Waals surface area contributed by atoms with E-state index in [9.17, 15) is 8.42 Å². The van der Waals surface area contributed by atoms with E-state index in [1.807, 2.05) is 6.07 Å². The summed E-state index contributed by atoms with van der Waals surface area (Å²) >= 11 is 0. The lowest BCUT2D eigenvalue weighted by atomic mass is 10.0. The molecule has 2 heterocycles. The molecule has 134 valence electrons. The molecule has 0 aliphatic carbocycles. The average molecular weight is 353 g/mol. The van der Waals surface area contributed by atoms with Crippen molar-refractivity contribution in [3.63, 3.8) is 0 Å². The summed E-state index contributed by atoms with van der Waals surface area (Å²) in [6.07, 6.45) is 2.13. The topological polar surface area (TPSA) is 49.9 Å². The van der Waals surface area contributed by atoms with Gasteiger partial charge in [-0.3, -0.25) is 9.80 Å². The second kappa shape index (κ2) is 7.95. The summed E-state index contributed by atoms with van der Waals surface area (Å²) in [5.41, 5.74) is 1.35. The van der Waals surface area contributed by atoms with E-state index in [2.05, 4.69) is 34.1 Å². The molecule has 2 aliphatic heterocycles. The lowest BCUT2D eigenvalue weighted by Crippen LogP contribution is -2.59. The van der Waals surface area contributed by atoms with E-state index < -0.39 is 9.84 Å². The number of piperazine rings is 1. The van der Waals surface area contributed by atoms with Crippen LogP contribution in [-0.2, 0) is 21.0 Å². The van der Waals surface area contributed by atoms with Gasteiger partial charge < -0.3 is 4.74 Å². The summed E-state index contributed by atoms with van der Waals surface area (Å²) in [6, 6.07) is 10.8. The molecule has 0 unspecified atom stereocenters. The Balaban J connectivity index is 1.58. The molecular weight excluding hydrogens is 324 g/mol. The number of ether oxygens (including phenoxy) is 1. The molecule has 0 N–H and O–H groups in total. The molecular formula is C18H28N2O3S. The molecule has 0 amide bonds. The fraction of sp³-hybridized carbons (Fsp3) is 0.667. The van der Waals surface area contributed by atoms with Crippen LogP contribution in [0.4, 0.5) is 0 Å². The monoisotopic (exact) mass is 352 g/mol. The van der Waals surface area contributed by atoms with Gasteiger partial charge in [-0.2, -0.15) is 0 Å². The van der Waals surface area contributed by atoms with Crippen molar-refractivity contribution in [3.8, 4) is 0 Å². The van der Waals surface area contributed by atoms with Crippen LogP contribution in [-0.4, -0.2) is 81.7 Å². The molecule has 0 aromatic heterocycles. The largest absolute Gasteiger partial charge is 0.383 e. The van der Waals surface area contributed by atoms with Crippen LogP contribution < -0.4 is 0 Å². The fourth-order valence-corrected chi connectivity index (χ4v) is 6.03. The minimum Gasteiger partial charge on any atom is -0.383 e. The van der Waals surface area contributed by atoms with E-state index in [0.717, 1.165) is 39.0 Å². The first kappa shape index (κ1) is 17.9. The molecule has 2 fully saturated rings. The molecule has 0 radical (unpaired) electrons. The minimum atomic E-state index is -2.92. The Labute approximate surface area is 145 Å². The summed E-state index contributed by atoms with van der Waals surface area (Å²) in [6.45, 7) is 4.35. The number of hydrogen-bond acceptors (Lipinski definition) is 5. The number of aryl methyl sites for hydroxylation is 1. The molecule has 2 atom stereocenters. The third kappa shape index (κ3) is 4.36. The van der Waals surface area contributed by atoms with Gasteiger partial charge in [-0.15, -0.1) is 0 Å². The van der Waals surface area contributed by atoms with Crippen LogP contribution in [0.15, 0.2) is 30.3 Å². The molecule has 2 saturated heterocycles. The zero-order chi connectivity index (χ0) is 17.0. The molecule has 24 heavy (non-hydrogen) atoms. The van der Waals surface area contributed by atoms with Crippen LogP contribution in [0, 0.1) is 0 Å². The first-order chi connectivity index (χ1) is 11.6. The Morgan fingerprint density at radius 3 is 2.29 bits per heavy atom. The molecule has 0 bridgehead atoms. The van der Waals surface area contributed by atoms with Crippen molar-refractivity contribution in [2.75, 3.05) is 51.4 Å². The van der Waals surface area contributed by atoms with Crippen LogP contribution >= 0.6 is 0 Å². The van der Waals surface area contributed by atoms with E-state index in [1.54, 1.807) is 7.11 Å². The van der Waals surface area contributed by atoms with Gasteiger partial charge in [0.05, 0.1) is 18.1 Å². The number of fused-ring (bicyclic) bond motifs is 1. The number of benzene rings is 1. The molecule has 3 rings (SSSR count). The maximum absolute atomic E-state index is 12.2. The van der Waals surface area contributed by atoms with E-state index in [0.29, 0.717) is 18.1 Å². The summed E-state index contributed by atoms with van der Waals surface area (Å²) in [4.78, 5) is 4.72. The van der Waals surface area contributed by atoms with Crippen LogP contribution in [0.1, 0.15) is 12.0 Å². The maximum Gasteiger partial charge on any atom is 0.153 e.